The summed E-state index contributed by atoms with van der Waals surface area (Å²) in [7, 11) is 0. The van der Waals surface area contributed by atoms with Gasteiger partial charge in [-0.2, -0.15) is 0 Å². The van der Waals surface area contributed by atoms with Gasteiger partial charge in [0.05, 0.1) is 0 Å². The SMILES string of the molecule is Cc1ccc(-c2nc(Cl)cc(C3CCCC3)n2)cc1C. The van der Waals surface area contributed by atoms with E-state index in [1.54, 1.807) is 0 Å². The number of rotatable bonds is 2. The summed E-state index contributed by atoms with van der Waals surface area (Å²) in [5.41, 5.74) is 4.70. The van der Waals surface area contributed by atoms with Crippen LogP contribution in [-0.2, 0) is 0 Å². The third-order valence-electron chi connectivity index (χ3n) is 4.25. The van der Waals surface area contributed by atoms with E-state index in [9.17, 15) is 0 Å². The fourth-order valence-corrected chi connectivity index (χ4v) is 3.07. The van der Waals surface area contributed by atoms with Gasteiger partial charge in [-0.1, -0.05) is 36.6 Å². The summed E-state index contributed by atoms with van der Waals surface area (Å²) < 4.78 is 0. The fourth-order valence-electron chi connectivity index (χ4n) is 2.88. The first-order valence-corrected chi connectivity index (χ1v) is 7.63. The van der Waals surface area contributed by atoms with Gasteiger partial charge in [-0.3, -0.25) is 0 Å². The molecule has 104 valence electrons. The maximum Gasteiger partial charge on any atom is 0.161 e. The smallest absolute Gasteiger partial charge is 0.161 e. The number of hydrogen-bond donors (Lipinski definition) is 0. The molecule has 1 aromatic heterocycles. The van der Waals surface area contributed by atoms with Gasteiger partial charge in [-0.25, -0.2) is 9.97 Å². The summed E-state index contributed by atoms with van der Waals surface area (Å²) >= 11 is 6.20. The molecule has 0 amide bonds. The second kappa shape index (κ2) is 5.53. The topological polar surface area (TPSA) is 25.8 Å². The minimum atomic E-state index is 0.551. The highest BCUT2D eigenvalue weighted by atomic mass is 35.5. The van der Waals surface area contributed by atoms with E-state index in [4.69, 9.17) is 16.6 Å². The molecule has 0 aliphatic heterocycles. The molecular formula is C17H19ClN2. The van der Waals surface area contributed by atoms with Crippen molar-refractivity contribution in [3.63, 3.8) is 0 Å². The van der Waals surface area contributed by atoms with Gasteiger partial charge in [-0.15, -0.1) is 0 Å². The number of halogens is 1. The predicted molar refractivity (Wildman–Crippen MR) is 83.2 cm³/mol. The maximum atomic E-state index is 6.20. The Kier molecular flexibility index (Phi) is 3.75. The van der Waals surface area contributed by atoms with Crippen LogP contribution >= 0.6 is 11.6 Å². The van der Waals surface area contributed by atoms with E-state index in [0.717, 1.165) is 17.1 Å². The van der Waals surface area contributed by atoms with Crippen LogP contribution in [0.2, 0.25) is 5.15 Å². The molecule has 0 bridgehead atoms. The molecule has 0 radical (unpaired) electrons. The number of benzene rings is 1. The molecule has 2 nitrogen and oxygen atoms in total. The molecule has 2 aromatic rings. The van der Waals surface area contributed by atoms with E-state index in [0.29, 0.717) is 11.1 Å². The van der Waals surface area contributed by atoms with E-state index < -0.39 is 0 Å². The van der Waals surface area contributed by atoms with Gasteiger partial charge in [0.2, 0.25) is 0 Å². The highest BCUT2D eigenvalue weighted by Gasteiger charge is 2.20. The zero-order valence-corrected chi connectivity index (χ0v) is 12.7. The van der Waals surface area contributed by atoms with E-state index in [-0.39, 0.29) is 0 Å². The van der Waals surface area contributed by atoms with Gasteiger partial charge in [-0.05, 0) is 49.9 Å². The summed E-state index contributed by atoms with van der Waals surface area (Å²) in [6, 6.07) is 8.26. The van der Waals surface area contributed by atoms with E-state index in [1.807, 2.05) is 6.07 Å². The van der Waals surface area contributed by atoms with E-state index >= 15 is 0 Å². The molecular weight excluding hydrogens is 268 g/mol. The van der Waals surface area contributed by atoms with Gasteiger partial charge in [0.1, 0.15) is 5.15 Å². The fraction of sp³-hybridized carbons (Fsp3) is 0.412. The van der Waals surface area contributed by atoms with Crippen molar-refractivity contribution in [1.82, 2.24) is 9.97 Å². The predicted octanol–water partition coefficient (Wildman–Crippen LogP) is 5.07. The highest BCUT2D eigenvalue weighted by molar-refractivity contribution is 6.29. The lowest BCUT2D eigenvalue weighted by Gasteiger charge is -2.11. The molecule has 20 heavy (non-hydrogen) atoms. The molecule has 0 atom stereocenters. The molecule has 1 aromatic carbocycles. The summed E-state index contributed by atoms with van der Waals surface area (Å²) in [6.07, 6.45) is 5.04. The van der Waals surface area contributed by atoms with Crippen molar-refractivity contribution in [1.29, 1.82) is 0 Å². The second-order valence-electron chi connectivity index (χ2n) is 5.72. The molecule has 1 aliphatic rings. The standard InChI is InChI=1S/C17H19ClN2/c1-11-7-8-14(9-12(11)2)17-19-15(10-16(18)20-17)13-5-3-4-6-13/h7-10,13H,3-6H2,1-2H3. The Morgan fingerprint density at radius 1 is 1.00 bits per heavy atom. The molecule has 1 fully saturated rings. The summed E-state index contributed by atoms with van der Waals surface area (Å²) in [5, 5.41) is 0.551. The van der Waals surface area contributed by atoms with Crippen molar-refractivity contribution >= 4 is 11.6 Å². The number of aryl methyl sites for hydroxylation is 2. The first-order valence-electron chi connectivity index (χ1n) is 7.25. The minimum absolute atomic E-state index is 0.551. The molecule has 0 spiro atoms. The van der Waals surface area contributed by atoms with Crippen molar-refractivity contribution < 1.29 is 0 Å². The number of hydrogen-bond acceptors (Lipinski definition) is 2. The van der Waals surface area contributed by atoms with Crippen LogP contribution in [0.1, 0.15) is 48.4 Å². The van der Waals surface area contributed by atoms with Crippen LogP contribution in [-0.4, -0.2) is 9.97 Å². The largest absolute Gasteiger partial charge is 0.233 e. The van der Waals surface area contributed by atoms with Crippen LogP contribution in [0.25, 0.3) is 11.4 Å². The van der Waals surface area contributed by atoms with Gasteiger partial charge >= 0.3 is 0 Å². The third-order valence-corrected chi connectivity index (χ3v) is 4.45. The highest BCUT2D eigenvalue weighted by Crippen LogP contribution is 2.34. The van der Waals surface area contributed by atoms with Crippen molar-refractivity contribution in [2.45, 2.75) is 45.4 Å². The first-order chi connectivity index (χ1) is 9.63. The summed E-state index contributed by atoms with van der Waals surface area (Å²) in [4.78, 5) is 9.16. The van der Waals surface area contributed by atoms with Crippen molar-refractivity contribution in [3.05, 3.63) is 46.2 Å². The van der Waals surface area contributed by atoms with Crippen LogP contribution in [0, 0.1) is 13.8 Å². The monoisotopic (exact) mass is 286 g/mol. The Labute approximate surface area is 125 Å². The molecule has 1 heterocycles. The van der Waals surface area contributed by atoms with Crippen LogP contribution in [0.15, 0.2) is 24.3 Å². The lowest BCUT2D eigenvalue weighted by atomic mass is 10.0. The Hall–Kier alpha value is -1.41. The summed E-state index contributed by atoms with van der Waals surface area (Å²) in [5.74, 6) is 1.31. The van der Waals surface area contributed by atoms with Gasteiger partial charge in [0.25, 0.3) is 0 Å². The first kappa shape index (κ1) is 13.6. The third kappa shape index (κ3) is 2.71. The second-order valence-corrected chi connectivity index (χ2v) is 6.11. The molecule has 1 saturated carbocycles. The van der Waals surface area contributed by atoms with Crippen LogP contribution in [0.4, 0.5) is 0 Å². The molecule has 0 N–H and O–H groups in total. The average Bonchev–Trinajstić information content (AvgIpc) is 2.95. The van der Waals surface area contributed by atoms with Crippen molar-refractivity contribution in [2.75, 3.05) is 0 Å². The van der Waals surface area contributed by atoms with Gasteiger partial charge < -0.3 is 0 Å². The molecule has 0 saturated heterocycles. The number of aromatic nitrogens is 2. The molecule has 1 aliphatic carbocycles. The Bertz CT molecular complexity index is 631. The lowest BCUT2D eigenvalue weighted by Crippen LogP contribution is -2.00. The molecule has 3 rings (SSSR count). The quantitative estimate of drug-likeness (QED) is 0.720. The zero-order valence-electron chi connectivity index (χ0n) is 12.0. The van der Waals surface area contributed by atoms with Crippen molar-refractivity contribution in [3.8, 4) is 11.4 Å². The van der Waals surface area contributed by atoms with E-state index in [1.165, 1.54) is 36.8 Å². The normalized spacial score (nSPS) is 15.8. The Morgan fingerprint density at radius 2 is 1.75 bits per heavy atom. The Balaban J connectivity index is 2.02. The Morgan fingerprint density at radius 3 is 2.45 bits per heavy atom. The van der Waals surface area contributed by atoms with Crippen LogP contribution in [0.5, 0.6) is 0 Å². The summed E-state index contributed by atoms with van der Waals surface area (Å²) in [6.45, 7) is 4.23. The molecule has 0 unspecified atom stereocenters. The van der Waals surface area contributed by atoms with Crippen molar-refractivity contribution in [2.24, 2.45) is 0 Å². The lowest BCUT2D eigenvalue weighted by molar-refractivity contribution is 0.695. The van der Waals surface area contributed by atoms with Gasteiger partial charge in [0.15, 0.2) is 5.82 Å². The minimum Gasteiger partial charge on any atom is -0.233 e. The maximum absolute atomic E-state index is 6.20. The van der Waals surface area contributed by atoms with E-state index in [2.05, 4.69) is 37.0 Å². The zero-order chi connectivity index (χ0) is 14.1. The van der Waals surface area contributed by atoms with Gasteiger partial charge in [0, 0.05) is 17.2 Å². The van der Waals surface area contributed by atoms with Crippen LogP contribution < -0.4 is 0 Å². The number of nitrogens with zero attached hydrogens (tertiary/aromatic N) is 2. The van der Waals surface area contributed by atoms with Crippen LogP contribution in [0.3, 0.4) is 0 Å². The molecule has 3 heteroatoms. The average molecular weight is 287 g/mol.